The van der Waals surface area contributed by atoms with Gasteiger partial charge in [-0.25, -0.2) is 4.98 Å². The second-order valence-electron chi connectivity index (χ2n) is 4.39. The molecule has 2 rings (SSSR count). The van der Waals surface area contributed by atoms with Crippen LogP contribution in [0.5, 0.6) is 0 Å². The Kier molecular flexibility index (Phi) is 4.36. The number of hydrogen-bond donors (Lipinski definition) is 1. The van der Waals surface area contributed by atoms with Crippen molar-refractivity contribution in [1.29, 1.82) is 0 Å². The van der Waals surface area contributed by atoms with Crippen molar-refractivity contribution in [2.45, 2.75) is 32.9 Å². The van der Waals surface area contributed by atoms with Gasteiger partial charge in [-0.3, -0.25) is 0 Å². The molecule has 0 amide bonds. The van der Waals surface area contributed by atoms with Crippen molar-refractivity contribution < 1.29 is 4.74 Å². The van der Waals surface area contributed by atoms with Gasteiger partial charge in [-0.15, -0.1) is 0 Å². The average molecular weight is 223 g/mol. The van der Waals surface area contributed by atoms with Gasteiger partial charge >= 0.3 is 0 Å². The molecular formula is C12H21N3O. The molecule has 90 valence electrons. The van der Waals surface area contributed by atoms with Crippen LogP contribution in [0.4, 0.5) is 0 Å². The molecule has 16 heavy (non-hydrogen) atoms. The highest BCUT2D eigenvalue weighted by Gasteiger charge is 2.13. The quantitative estimate of drug-likeness (QED) is 0.820. The molecule has 0 aromatic carbocycles. The van der Waals surface area contributed by atoms with Crippen LogP contribution in [0.25, 0.3) is 0 Å². The highest BCUT2D eigenvalue weighted by molar-refractivity contribution is 4.97. The maximum absolute atomic E-state index is 5.46. The van der Waals surface area contributed by atoms with Gasteiger partial charge in [0.05, 0.1) is 18.6 Å². The molecule has 1 N–H and O–H groups in total. The fourth-order valence-corrected chi connectivity index (χ4v) is 2.15. The lowest BCUT2D eigenvalue weighted by atomic mass is 10.0. The highest BCUT2D eigenvalue weighted by Crippen LogP contribution is 2.12. The summed E-state index contributed by atoms with van der Waals surface area (Å²) in [5.74, 6) is 0.687. The minimum absolute atomic E-state index is 0.687. The first-order valence-electron chi connectivity index (χ1n) is 6.17. The van der Waals surface area contributed by atoms with E-state index in [1.165, 1.54) is 18.5 Å². The zero-order valence-electron chi connectivity index (χ0n) is 9.98. The van der Waals surface area contributed by atoms with E-state index >= 15 is 0 Å². The Morgan fingerprint density at radius 3 is 3.31 bits per heavy atom. The minimum atomic E-state index is 0.687. The molecule has 0 bridgehead atoms. The highest BCUT2D eigenvalue weighted by atomic mass is 16.5. The van der Waals surface area contributed by atoms with Crippen molar-refractivity contribution in [3.8, 4) is 0 Å². The Hall–Kier alpha value is -0.870. The summed E-state index contributed by atoms with van der Waals surface area (Å²) in [6.45, 7) is 6.95. The Bertz CT molecular complexity index is 305. The summed E-state index contributed by atoms with van der Waals surface area (Å²) in [5, 5.41) is 3.49. The topological polar surface area (TPSA) is 39.1 Å². The Labute approximate surface area is 97.0 Å². The average Bonchev–Trinajstić information content (AvgIpc) is 2.78. The molecular weight excluding hydrogens is 202 g/mol. The first kappa shape index (κ1) is 11.6. The van der Waals surface area contributed by atoms with Gasteiger partial charge in [-0.1, -0.05) is 0 Å². The molecule has 1 aromatic rings. The smallest absolute Gasteiger partial charge is 0.0948 e. The molecule has 1 aromatic heterocycles. The van der Waals surface area contributed by atoms with Gasteiger partial charge in [0.1, 0.15) is 0 Å². The molecule has 1 saturated heterocycles. The first-order valence-corrected chi connectivity index (χ1v) is 6.17. The van der Waals surface area contributed by atoms with Crippen LogP contribution in [-0.4, -0.2) is 29.3 Å². The molecule has 4 heteroatoms. The predicted molar refractivity (Wildman–Crippen MR) is 63.2 cm³/mol. The van der Waals surface area contributed by atoms with Crippen LogP contribution in [-0.2, 0) is 17.8 Å². The molecule has 0 spiro atoms. The summed E-state index contributed by atoms with van der Waals surface area (Å²) in [6, 6.07) is 0. The van der Waals surface area contributed by atoms with E-state index in [0.717, 1.165) is 32.8 Å². The van der Waals surface area contributed by atoms with Crippen LogP contribution in [0.2, 0.25) is 0 Å². The molecule has 1 aliphatic heterocycles. The van der Waals surface area contributed by atoms with Gasteiger partial charge in [0.2, 0.25) is 0 Å². The maximum atomic E-state index is 5.46. The van der Waals surface area contributed by atoms with E-state index in [9.17, 15) is 0 Å². The lowest BCUT2D eigenvalue weighted by Gasteiger charge is -2.22. The van der Waals surface area contributed by atoms with Gasteiger partial charge < -0.3 is 14.6 Å². The van der Waals surface area contributed by atoms with Crippen LogP contribution < -0.4 is 5.32 Å². The van der Waals surface area contributed by atoms with Crippen LogP contribution in [0.3, 0.4) is 0 Å². The zero-order chi connectivity index (χ0) is 11.2. The summed E-state index contributed by atoms with van der Waals surface area (Å²) in [4.78, 5) is 4.16. The molecule has 4 nitrogen and oxygen atoms in total. The maximum Gasteiger partial charge on any atom is 0.0948 e. The fraction of sp³-hybridized carbons (Fsp3) is 0.750. The van der Waals surface area contributed by atoms with Gasteiger partial charge in [0.15, 0.2) is 0 Å². The van der Waals surface area contributed by atoms with Gasteiger partial charge in [-0.2, -0.15) is 0 Å². The van der Waals surface area contributed by atoms with Crippen molar-refractivity contribution in [1.82, 2.24) is 14.9 Å². The summed E-state index contributed by atoms with van der Waals surface area (Å²) in [7, 11) is 0. The Morgan fingerprint density at radius 2 is 2.56 bits per heavy atom. The Balaban J connectivity index is 1.71. The van der Waals surface area contributed by atoms with Crippen molar-refractivity contribution in [2.75, 3.05) is 19.8 Å². The summed E-state index contributed by atoms with van der Waals surface area (Å²) in [5.41, 5.74) is 1.26. The van der Waals surface area contributed by atoms with Gasteiger partial charge in [0.25, 0.3) is 0 Å². The second kappa shape index (κ2) is 6.01. The van der Waals surface area contributed by atoms with E-state index in [1.54, 1.807) is 0 Å². The standard InChI is InChI=1S/C12H21N3O/c1-2-15-10-14-8-12(15)7-13-6-11-4-3-5-16-9-11/h8,10-11,13H,2-7,9H2,1H3. The van der Waals surface area contributed by atoms with Crippen molar-refractivity contribution in [3.63, 3.8) is 0 Å². The first-order chi connectivity index (χ1) is 7.90. The van der Waals surface area contributed by atoms with Crippen molar-refractivity contribution >= 4 is 0 Å². The number of ether oxygens (including phenoxy) is 1. The van der Waals surface area contributed by atoms with E-state index in [0.29, 0.717) is 5.92 Å². The monoisotopic (exact) mass is 223 g/mol. The van der Waals surface area contributed by atoms with Crippen molar-refractivity contribution in [3.05, 3.63) is 18.2 Å². The largest absolute Gasteiger partial charge is 0.381 e. The lowest BCUT2D eigenvalue weighted by Crippen LogP contribution is -2.29. The fourth-order valence-electron chi connectivity index (χ4n) is 2.15. The third-order valence-electron chi connectivity index (χ3n) is 3.13. The number of imidazole rings is 1. The second-order valence-corrected chi connectivity index (χ2v) is 4.39. The van der Waals surface area contributed by atoms with E-state index in [2.05, 4.69) is 21.8 Å². The molecule has 0 radical (unpaired) electrons. The molecule has 1 fully saturated rings. The summed E-state index contributed by atoms with van der Waals surface area (Å²) >= 11 is 0. The lowest BCUT2D eigenvalue weighted by molar-refractivity contribution is 0.0547. The summed E-state index contributed by atoms with van der Waals surface area (Å²) < 4.78 is 7.63. The van der Waals surface area contributed by atoms with E-state index in [4.69, 9.17) is 4.74 Å². The van der Waals surface area contributed by atoms with Crippen LogP contribution >= 0.6 is 0 Å². The number of nitrogens with zero attached hydrogens (tertiary/aromatic N) is 2. The van der Waals surface area contributed by atoms with E-state index in [-0.39, 0.29) is 0 Å². The van der Waals surface area contributed by atoms with Crippen LogP contribution in [0.15, 0.2) is 12.5 Å². The number of hydrogen-bond acceptors (Lipinski definition) is 3. The molecule has 1 atom stereocenters. The number of rotatable bonds is 5. The minimum Gasteiger partial charge on any atom is -0.381 e. The van der Waals surface area contributed by atoms with Crippen LogP contribution in [0.1, 0.15) is 25.5 Å². The molecule has 0 saturated carbocycles. The molecule has 1 aliphatic rings. The zero-order valence-corrected chi connectivity index (χ0v) is 9.98. The van der Waals surface area contributed by atoms with Crippen LogP contribution in [0, 0.1) is 5.92 Å². The molecule has 2 heterocycles. The number of aromatic nitrogens is 2. The molecule has 1 unspecified atom stereocenters. The van der Waals surface area contributed by atoms with Gasteiger partial charge in [0, 0.05) is 32.4 Å². The normalized spacial score (nSPS) is 21.2. The Morgan fingerprint density at radius 1 is 1.62 bits per heavy atom. The third-order valence-corrected chi connectivity index (χ3v) is 3.13. The SMILES string of the molecule is CCn1cncc1CNCC1CCCOC1. The number of aryl methyl sites for hydroxylation is 1. The molecule has 0 aliphatic carbocycles. The predicted octanol–water partition coefficient (Wildman–Crippen LogP) is 1.42. The van der Waals surface area contributed by atoms with E-state index in [1.807, 2.05) is 12.5 Å². The number of nitrogens with one attached hydrogen (secondary N) is 1. The van der Waals surface area contributed by atoms with Crippen molar-refractivity contribution in [2.24, 2.45) is 5.92 Å². The third kappa shape index (κ3) is 3.06. The van der Waals surface area contributed by atoms with Gasteiger partial charge in [-0.05, 0) is 25.7 Å². The summed E-state index contributed by atoms with van der Waals surface area (Å²) in [6.07, 6.45) is 6.33. The van der Waals surface area contributed by atoms with E-state index < -0.39 is 0 Å².